The minimum atomic E-state index is -0.464. The Labute approximate surface area is 161 Å². The molecule has 4 aromatic rings. The normalized spacial score (nSPS) is 10.3. The van der Waals surface area contributed by atoms with Gasteiger partial charge in [-0.1, -0.05) is 41.5 Å². The fourth-order valence-corrected chi connectivity index (χ4v) is 2.52. The molecule has 0 aliphatic carbocycles. The summed E-state index contributed by atoms with van der Waals surface area (Å²) < 4.78 is 5.39. The Balaban J connectivity index is 1.37. The number of nitrogens with one attached hydrogen (secondary N) is 3. The van der Waals surface area contributed by atoms with Crippen molar-refractivity contribution in [3.8, 4) is 0 Å². The Morgan fingerprint density at radius 1 is 0.643 bits per heavy atom. The van der Waals surface area contributed by atoms with Gasteiger partial charge in [-0.05, 0) is 48.5 Å². The standard InChI is InChI=1S/C21H17N5O2/c27-19(23-16-9-5-2-6-10-16)20-25-26-21(28-20)24-18-13-11-17(12-14-18)22-15-7-3-1-4-8-15/h1-14,22H,(H,23,27)(H,24,26). The number of benzene rings is 3. The number of para-hydroxylation sites is 2. The maximum absolute atomic E-state index is 12.2. The number of amides is 1. The molecule has 0 aliphatic rings. The summed E-state index contributed by atoms with van der Waals surface area (Å²) in [4.78, 5) is 12.2. The molecule has 1 amide bonds. The number of carbonyl (C=O) groups is 1. The largest absolute Gasteiger partial charge is 0.399 e. The highest BCUT2D eigenvalue weighted by Crippen LogP contribution is 2.21. The van der Waals surface area contributed by atoms with Crippen LogP contribution >= 0.6 is 0 Å². The second kappa shape index (κ2) is 8.05. The Hall–Kier alpha value is -4.13. The van der Waals surface area contributed by atoms with Crippen LogP contribution in [0.25, 0.3) is 0 Å². The van der Waals surface area contributed by atoms with Crippen LogP contribution in [0.3, 0.4) is 0 Å². The lowest BCUT2D eigenvalue weighted by Gasteiger charge is -2.07. The van der Waals surface area contributed by atoms with Crippen LogP contribution in [0.2, 0.25) is 0 Å². The number of aromatic nitrogens is 2. The van der Waals surface area contributed by atoms with Gasteiger partial charge in [0.25, 0.3) is 0 Å². The molecule has 0 unspecified atom stereocenters. The average Bonchev–Trinajstić information content (AvgIpc) is 3.20. The first-order chi connectivity index (χ1) is 13.8. The minimum absolute atomic E-state index is 0.117. The molecule has 3 aromatic carbocycles. The second-order valence-corrected chi connectivity index (χ2v) is 5.93. The van der Waals surface area contributed by atoms with Crippen molar-refractivity contribution < 1.29 is 9.21 Å². The highest BCUT2D eigenvalue weighted by atomic mass is 16.4. The molecular weight excluding hydrogens is 354 g/mol. The van der Waals surface area contributed by atoms with Gasteiger partial charge in [0.1, 0.15) is 0 Å². The molecule has 0 aliphatic heterocycles. The van der Waals surface area contributed by atoms with E-state index in [-0.39, 0.29) is 11.9 Å². The fraction of sp³-hybridized carbons (Fsp3) is 0. The van der Waals surface area contributed by atoms with E-state index in [1.807, 2.05) is 72.8 Å². The molecule has 0 bridgehead atoms. The maximum atomic E-state index is 12.2. The molecule has 1 heterocycles. The van der Waals surface area contributed by atoms with Crippen LogP contribution in [0.1, 0.15) is 10.7 Å². The summed E-state index contributed by atoms with van der Waals surface area (Å²) in [7, 11) is 0. The summed E-state index contributed by atoms with van der Waals surface area (Å²) in [5.74, 6) is -0.581. The number of anilines is 5. The molecule has 138 valence electrons. The van der Waals surface area contributed by atoms with Gasteiger partial charge in [0.2, 0.25) is 0 Å². The first-order valence-electron chi connectivity index (χ1n) is 8.65. The molecule has 28 heavy (non-hydrogen) atoms. The summed E-state index contributed by atoms with van der Waals surface area (Å²) in [5, 5.41) is 16.6. The number of hydrogen-bond acceptors (Lipinski definition) is 6. The molecule has 0 atom stereocenters. The third kappa shape index (κ3) is 4.34. The predicted octanol–water partition coefficient (Wildman–Crippen LogP) is 4.81. The molecule has 0 radical (unpaired) electrons. The third-order valence-corrected chi connectivity index (χ3v) is 3.85. The van der Waals surface area contributed by atoms with E-state index in [1.165, 1.54) is 0 Å². The Bertz CT molecular complexity index is 1050. The Morgan fingerprint density at radius 2 is 1.18 bits per heavy atom. The van der Waals surface area contributed by atoms with E-state index in [0.717, 1.165) is 17.1 Å². The van der Waals surface area contributed by atoms with Gasteiger partial charge in [-0.3, -0.25) is 4.79 Å². The number of carbonyl (C=O) groups excluding carboxylic acids is 1. The topological polar surface area (TPSA) is 92.1 Å². The zero-order valence-corrected chi connectivity index (χ0v) is 14.8. The predicted molar refractivity (Wildman–Crippen MR) is 108 cm³/mol. The van der Waals surface area contributed by atoms with Crippen molar-refractivity contribution in [2.75, 3.05) is 16.0 Å². The van der Waals surface area contributed by atoms with Gasteiger partial charge in [-0.2, -0.15) is 0 Å². The molecule has 3 N–H and O–H groups in total. The molecule has 0 fully saturated rings. The molecule has 1 aromatic heterocycles. The van der Waals surface area contributed by atoms with E-state index in [0.29, 0.717) is 5.69 Å². The first kappa shape index (κ1) is 17.3. The Morgan fingerprint density at radius 3 is 1.82 bits per heavy atom. The fourth-order valence-electron chi connectivity index (χ4n) is 2.52. The van der Waals surface area contributed by atoms with Gasteiger partial charge in [-0.25, -0.2) is 0 Å². The summed E-state index contributed by atoms with van der Waals surface area (Å²) in [6.07, 6.45) is 0. The highest BCUT2D eigenvalue weighted by molar-refractivity contribution is 6.00. The summed E-state index contributed by atoms with van der Waals surface area (Å²) >= 11 is 0. The molecule has 4 rings (SSSR count). The van der Waals surface area contributed by atoms with Crippen molar-refractivity contribution >= 4 is 34.7 Å². The molecule has 0 saturated carbocycles. The van der Waals surface area contributed by atoms with Crippen LogP contribution in [-0.4, -0.2) is 16.1 Å². The van der Waals surface area contributed by atoms with E-state index >= 15 is 0 Å². The van der Waals surface area contributed by atoms with Crippen molar-refractivity contribution in [1.29, 1.82) is 0 Å². The lowest BCUT2D eigenvalue weighted by atomic mass is 10.2. The van der Waals surface area contributed by atoms with Crippen LogP contribution in [0.15, 0.2) is 89.3 Å². The van der Waals surface area contributed by atoms with Crippen molar-refractivity contribution in [3.05, 3.63) is 90.8 Å². The second-order valence-electron chi connectivity index (χ2n) is 5.93. The SMILES string of the molecule is O=C(Nc1ccccc1)c1nnc(Nc2ccc(Nc3ccccc3)cc2)o1. The van der Waals surface area contributed by atoms with Gasteiger partial charge in [0.05, 0.1) is 0 Å². The number of nitrogens with zero attached hydrogens (tertiary/aromatic N) is 2. The zero-order chi connectivity index (χ0) is 19.2. The van der Waals surface area contributed by atoms with E-state index in [9.17, 15) is 4.79 Å². The van der Waals surface area contributed by atoms with E-state index in [1.54, 1.807) is 12.1 Å². The van der Waals surface area contributed by atoms with Crippen molar-refractivity contribution in [2.24, 2.45) is 0 Å². The first-order valence-corrected chi connectivity index (χ1v) is 8.65. The van der Waals surface area contributed by atoms with Gasteiger partial charge < -0.3 is 20.4 Å². The van der Waals surface area contributed by atoms with Crippen LogP contribution in [0.5, 0.6) is 0 Å². The number of hydrogen-bond donors (Lipinski definition) is 3. The van der Waals surface area contributed by atoms with E-state index in [4.69, 9.17) is 4.42 Å². The quantitative estimate of drug-likeness (QED) is 0.450. The van der Waals surface area contributed by atoms with Crippen LogP contribution in [0.4, 0.5) is 28.8 Å². The van der Waals surface area contributed by atoms with Gasteiger partial charge >= 0.3 is 17.8 Å². The third-order valence-electron chi connectivity index (χ3n) is 3.85. The van der Waals surface area contributed by atoms with Crippen LogP contribution in [0, 0.1) is 0 Å². The summed E-state index contributed by atoms with van der Waals surface area (Å²) in [6.45, 7) is 0. The zero-order valence-electron chi connectivity index (χ0n) is 14.8. The lowest BCUT2D eigenvalue weighted by Crippen LogP contribution is -2.12. The maximum Gasteiger partial charge on any atom is 0.320 e. The van der Waals surface area contributed by atoms with Crippen molar-refractivity contribution in [2.45, 2.75) is 0 Å². The Kier molecular flexibility index (Phi) is 4.97. The average molecular weight is 371 g/mol. The number of rotatable bonds is 6. The van der Waals surface area contributed by atoms with Crippen LogP contribution in [-0.2, 0) is 0 Å². The summed E-state index contributed by atoms with van der Waals surface area (Å²) in [5.41, 5.74) is 3.37. The van der Waals surface area contributed by atoms with Gasteiger partial charge in [-0.15, -0.1) is 5.10 Å². The van der Waals surface area contributed by atoms with Crippen molar-refractivity contribution in [3.63, 3.8) is 0 Å². The lowest BCUT2D eigenvalue weighted by molar-refractivity contribution is 0.0991. The van der Waals surface area contributed by atoms with E-state index in [2.05, 4.69) is 26.1 Å². The molecule has 0 saturated heterocycles. The van der Waals surface area contributed by atoms with E-state index < -0.39 is 5.91 Å². The highest BCUT2D eigenvalue weighted by Gasteiger charge is 2.15. The minimum Gasteiger partial charge on any atom is -0.399 e. The molecular formula is C21H17N5O2. The van der Waals surface area contributed by atoms with Crippen LogP contribution < -0.4 is 16.0 Å². The van der Waals surface area contributed by atoms with Crippen molar-refractivity contribution in [1.82, 2.24) is 10.2 Å². The molecule has 7 nitrogen and oxygen atoms in total. The van der Waals surface area contributed by atoms with Gasteiger partial charge in [0, 0.05) is 22.7 Å². The monoisotopic (exact) mass is 371 g/mol. The summed E-state index contributed by atoms with van der Waals surface area (Å²) in [6, 6.07) is 26.7. The molecule has 0 spiro atoms. The smallest absolute Gasteiger partial charge is 0.320 e. The van der Waals surface area contributed by atoms with Gasteiger partial charge in [0.15, 0.2) is 0 Å². The molecule has 7 heteroatoms.